The Kier molecular flexibility index (Phi) is 7.44. The van der Waals surface area contributed by atoms with Gasteiger partial charge in [0.15, 0.2) is 14.1 Å². The molecule has 2 saturated heterocycles. The Balaban J connectivity index is 1.36. The molecular formula is C25H38FN5O2Si. The van der Waals surface area contributed by atoms with Gasteiger partial charge in [-0.15, -0.1) is 0 Å². The fraction of sp³-hybridized carbons (Fsp3) is 0.600. The number of piperazine rings is 1. The van der Waals surface area contributed by atoms with Crippen molar-refractivity contribution >= 4 is 25.6 Å². The van der Waals surface area contributed by atoms with Gasteiger partial charge < -0.3 is 23.9 Å². The molecule has 0 N–H and O–H groups in total. The summed E-state index contributed by atoms with van der Waals surface area (Å²) in [5.41, 5.74) is 2.32. The molecule has 0 radical (unpaired) electrons. The van der Waals surface area contributed by atoms with Gasteiger partial charge in [0, 0.05) is 44.8 Å². The molecule has 0 spiro atoms. The normalized spacial score (nSPS) is 17.9. The number of hydrogen-bond acceptors (Lipinski definition) is 7. The van der Waals surface area contributed by atoms with Crippen LogP contribution in [0.25, 0.3) is 0 Å². The van der Waals surface area contributed by atoms with Crippen molar-refractivity contribution < 1.29 is 13.6 Å². The lowest BCUT2D eigenvalue weighted by Gasteiger charge is -2.37. The first kappa shape index (κ1) is 24.9. The summed E-state index contributed by atoms with van der Waals surface area (Å²) < 4.78 is 27.1. The molecule has 2 fully saturated rings. The molecule has 0 unspecified atom stereocenters. The van der Waals surface area contributed by atoms with E-state index < -0.39 is 8.32 Å². The Morgan fingerprint density at radius 1 is 0.941 bits per heavy atom. The van der Waals surface area contributed by atoms with Gasteiger partial charge >= 0.3 is 0 Å². The van der Waals surface area contributed by atoms with E-state index in [4.69, 9.17) is 9.16 Å². The van der Waals surface area contributed by atoms with E-state index in [1.54, 1.807) is 0 Å². The van der Waals surface area contributed by atoms with Crippen molar-refractivity contribution in [3.05, 3.63) is 42.0 Å². The van der Waals surface area contributed by atoms with Crippen LogP contribution in [0.15, 0.2) is 30.6 Å². The average molecular weight is 488 g/mol. The van der Waals surface area contributed by atoms with E-state index >= 15 is 4.39 Å². The molecule has 1 aromatic heterocycles. The summed E-state index contributed by atoms with van der Waals surface area (Å²) in [4.78, 5) is 15.7. The third kappa shape index (κ3) is 5.53. The standard InChI is InChI=1S/C25H38FN5O2Si/c1-25(2,3)34(4,5)33-19-20-7-6-8-22(23(20)26)30-9-11-31(12-10-30)24-27-17-21(18-28-24)29-13-15-32-16-14-29/h6-8,17-18H,9-16,19H2,1-5H3. The summed E-state index contributed by atoms with van der Waals surface area (Å²) in [5.74, 6) is 0.564. The van der Waals surface area contributed by atoms with Crippen molar-refractivity contribution in [1.82, 2.24) is 9.97 Å². The molecule has 4 rings (SSSR count). The van der Waals surface area contributed by atoms with E-state index in [1.807, 2.05) is 30.6 Å². The van der Waals surface area contributed by atoms with Crippen molar-refractivity contribution in [2.75, 3.05) is 67.2 Å². The maximum Gasteiger partial charge on any atom is 0.225 e. The molecule has 0 bridgehead atoms. The zero-order valence-corrected chi connectivity index (χ0v) is 22.2. The van der Waals surface area contributed by atoms with Crippen LogP contribution in [0.5, 0.6) is 0 Å². The molecule has 0 amide bonds. The van der Waals surface area contributed by atoms with Gasteiger partial charge in [0.25, 0.3) is 0 Å². The van der Waals surface area contributed by atoms with E-state index in [1.165, 1.54) is 0 Å². The lowest BCUT2D eigenvalue weighted by Crippen LogP contribution is -2.47. The quantitative estimate of drug-likeness (QED) is 0.563. The Morgan fingerprint density at radius 2 is 1.56 bits per heavy atom. The topological polar surface area (TPSA) is 54.0 Å². The van der Waals surface area contributed by atoms with Gasteiger partial charge in [-0.1, -0.05) is 32.9 Å². The molecule has 2 aliphatic heterocycles. The predicted octanol–water partition coefficient (Wildman–Crippen LogP) is 4.30. The van der Waals surface area contributed by atoms with Crippen LogP contribution in [0, 0.1) is 5.82 Å². The maximum atomic E-state index is 15.4. The molecule has 1 aromatic carbocycles. The first-order valence-corrected chi connectivity index (χ1v) is 15.1. The molecule has 3 heterocycles. The Labute approximate surface area is 204 Å². The second-order valence-corrected chi connectivity index (χ2v) is 15.4. The molecule has 2 aliphatic rings. The van der Waals surface area contributed by atoms with Crippen molar-refractivity contribution in [2.24, 2.45) is 0 Å². The highest BCUT2D eigenvalue weighted by Gasteiger charge is 2.37. The van der Waals surface area contributed by atoms with Gasteiger partial charge in [-0.05, 0) is 24.2 Å². The number of aromatic nitrogens is 2. The lowest BCUT2D eigenvalue weighted by molar-refractivity contribution is 0.122. The van der Waals surface area contributed by atoms with Crippen LogP contribution in [0.2, 0.25) is 18.1 Å². The van der Waals surface area contributed by atoms with Crippen LogP contribution in [0.1, 0.15) is 26.3 Å². The van der Waals surface area contributed by atoms with Gasteiger partial charge in [-0.25, -0.2) is 14.4 Å². The molecule has 0 atom stereocenters. The minimum absolute atomic E-state index is 0.0971. The van der Waals surface area contributed by atoms with Gasteiger partial charge in [0.05, 0.1) is 43.6 Å². The minimum atomic E-state index is -1.94. The highest BCUT2D eigenvalue weighted by molar-refractivity contribution is 6.74. The maximum absolute atomic E-state index is 15.4. The number of anilines is 3. The highest BCUT2D eigenvalue weighted by Crippen LogP contribution is 2.37. The van der Waals surface area contributed by atoms with E-state index in [9.17, 15) is 0 Å². The summed E-state index contributed by atoms with van der Waals surface area (Å²) in [6.07, 6.45) is 3.79. The van der Waals surface area contributed by atoms with Crippen molar-refractivity contribution in [3.63, 3.8) is 0 Å². The number of ether oxygens (including phenoxy) is 1. The second-order valence-electron chi connectivity index (χ2n) is 10.6. The molecule has 0 aliphatic carbocycles. The number of hydrogen-bond donors (Lipinski definition) is 0. The SMILES string of the molecule is CC(C)(C)[Si](C)(C)OCc1cccc(N2CCN(c3ncc(N4CCOCC4)cn3)CC2)c1F. The monoisotopic (exact) mass is 487 g/mol. The number of benzene rings is 1. The Morgan fingerprint density at radius 3 is 2.18 bits per heavy atom. The molecule has 186 valence electrons. The molecular weight excluding hydrogens is 449 g/mol. The first-order valence-electron chi connectivity index (χ1n) is 12.2. The number of halogens is 1. The zero-order chi connectivity index (χ0) is 24.3. The van der Waals surface area contributed by atoms with E-state index in [0.29, 0.717) is 17.9 Å². The van der Waals surface area contributed by atoms with Gasteiger partial charge in [-0.3, -0.25) is 0 Å². The van der Waals surface area contributed by atoms with Crippen LogP contribution < -0.4 is 14.7 Å². The fourth-order valence-corrected chi connectivity index (χ4v) is 4.96. The van der Waals surface area contributed by atoms with Crippen LogP contribution in [-0.4, -0.2) is 70.8 Å². The molecule has 7 nitrogen and oxygen atoms in total. The average Bonchev–Trinajstić information content (AvgIpc) is 2.83. The highest BCUT2D eigenvalue weighted by atomic mass is 28.4. The van der Waals surface area contributed by atoms with Crippen LogP contribution in [0.4, 0.5) is 21.7 Å². The van der Waals surface area contributed by atoms with Crippen molar-refractivity contribution in [3.8, 4) is 0 Å². The molecule has 34 heavy (non-hydrogen) atoms. The summed E-state index contributed by atoms with van der Waals surface area (Å²) in [7, 11) is -1.94. The molecule has 9 heteroatoms. The van der Waals surface area contributed by atoms with Crippen molar-refractivity contribution in [2.45, 2.75) is 45.5 Å². The van der Waals surface area contributed by atoms with Gasteiger partial charge in [0.1, 0.15) is 0 Å². The van der Waals surface area contributed by atoms with Gasteiger partial charge in [-0.2, -0.15) is 0 Å². The lowest BCUT2D eigenvalue weighted by atomic mass is 10.1. The number of morpholine rings is 1. The summed E-state index contributed by atoms with van der Waals surface area (Å²) in [6.45, 7) is 17.5. The number of rotatable bonds is 6. The summed E-state index contributed by atoms with van der Waals surface area (Å²) in [6, 6.07) is 5.64. The Hall–Kier alpha value is -2.23. The minimum Gasteiger partial charge on any atom is -0.412 e. The van der Waals surface area contributed by atoms with E-state index in [2.05, 4.69) is 58.5 Å². The van der Waals surface area contributed by atoms with Crippen molar-refractivity contribution in [1.29, 1.82) is 0 Å². The van der Waals surface area contributed by atoms with Crippen LogP contribution >= 0.6 is 0 Å². The smallest absolute Gasteiger partial charge is 0.225 e. The fourth-order valence-electron chi connectivity index (χ4n) is 4.01. The number of nitrogens with zero attached hydrogens (tertiary/aromatic N) is 5. The third-order valence-electron chi connectivity index (χ3n) is 7.36. The van der Waals surface area contributed by atoms with E-state index in [-0.39, 0.29) is 10.9 Å². The zero-order valence-electron chi connectivity index (χ0n) is 21.2. The third-order valence-corrected chi connectivity index (χ3v) is 11.8. The van der Waals surface area contributed by atoms with E-state index in [0.717, 1.165) is 64.1 Å². The van der Waals surface area contributed by atoms with Crippen LogP contribution in [-0.2, 0) is 15.8 Å². The second kappa shape index (κ2) is 10.2. The molecule has 2 aromatic rings. The largest absolute Gasteiger partial charge is 0.412 e. The Bertz CT molecular complexity index is 953. The molecule has 0 saturated carbocycles. The predicted molar refractivity (Wildman–Crippen MR) is 138 cm³/mol. The summed E-state index contributed by atoms with van der Waals surface area (Å²) in [5, 5.41) is 0.0971. The van der Waals surface area contributed by atoms with Crippen LogP contribution in [0.3, 0.4) is 0 Å². The summed E-state index contributed by atoms with van der Waals surface area (Å²) >= 11 is 0. The first-order chi connectivity index (χ1) is 16.2. The van der Waals surface area contributed by atoms with Gasteiger partial charge in [0.2, 0.25) is 5.95 Å².